The molecular weight excluding hydrogens is 321 g/mol. The van der Waals surface area contributed by atoms with E-state index < -0.39 is 0 Å². The van der Waals surface area contributed by atoms with E-state index in [1.54, 1.807) is 18.2 Å². The molecule has 1 fully saturated rings. The van der Waals surface area contributed by atoms with Crippen LogP contribution < -0.4 is 0 Å². The van der Waals surface area contributed by atoms with Gasteiger partial charge in [0.2, 0.25) is 0 Å². The summed E-state index contributed by atoms with van der Waals surface area (Å²) in [6.45, 7) is 1.47. The molecule has 4 rings (SSSR count). The van der Waals surface area contributed by atoms with Gasteiger partial charge in [0.1, 0.15) is 16.9 Å². The molecule has 0 aliphatic carbocycles. The van der Waals surface area contributed by atoms with Crippen LogP contribution in [0.25, 0.3) is 11.0 Å². The fraction of sp³-hybridized carbons (Fsp3) is 0.316. The topological polar surface area (TPSA) is 59.2 Å². The van der Waals surface area contributed by atoms with Crippen molar-refractivity contribution in [2.24, 2.45) is 5.92 Å². The third-order valence-electron chi connectivity index (χ3n) is 4.84. The molecule has 0 radical (unpaired) electrons. The largest absolute Gasteiger partial charge is 0.339 e. The highest BCUT2D eigenvalue weighted by Crippen LogP contribution is 2.23. The molecule has 6 heteroatoms. The fourth-order valence-corrected chi connectivity index (χ4v) is 3.39. The molecule has 25 heavy (non-hydrogen) atoms. The third kappa shape index (κ3) is 3.38. The molecule has 2 aromatic carbocycles. The lowest BCUT2D eigenvalue weighted by atomic mass is 9.90. The van der Waals surface area contributed by atoms with E-state index in [0.29, 0.717) is 22.5 Å². The van der Waals surface area contributed by atoms with Crippen LogP contribution in [0.15, 0.2) is 47.1 Å². The molecule has 0 atom stereocenters. The minimum Gasteiger partial charge on any atom is -0.339 e. The van der Waals surface area contributed by atoms with Gasteiger partial charge in [-0.1, -0.05) is 12.1 Å². The predicted molar refractivity (Wildman–Crippen MR) is 90.5 cm³/mol. The van der Waals surface area contributed by atoms with E-state index in [1.807, 2.05) is 17.0 Å². The number of carbonyl (C=O) groups excluding carboxylic acids is 1. The molecule has 0 bridgehead atoms. The smallest absolute Gasteiger partial charge is 0.253 e. The lowest BCUT2D eigenvalue weighted by molar-refractivity contribution is 0.0690. The lowest BCUT2D eigenvalue weighted by Gasteiger charge is -2.32. The zero-order valence-corrected chi connectivity index (χ0v) is 13.7. The molecule has 0 spiro atoms. The van der Waals surface area contributed by atoms with Crippen LogP contribution in [0.4, 0.5) is 4.39 Å². The van der Waals surface area contributed by atoms with E-state index in [4.69, 9.17) is 0 Å². The maximum atomic E-state index is 13.0. The van der Waals surface area contributed by atoms with Crippen molar-refractivity contribution in [2.45, 2.75) is 19.3 Å². The average molecular weight is 339 g/mol. The van der Waals surface area contributed by atoms with Crippen LogP contribution in [0, 0.1) is 11.7 Å². The van der Waals surface area contributed by atoms with E-state index in [1.165, 1.54) is 12.1 Å². The summed E-state index contributed by atoms with van der Waals surface area (Å²) in [6.07, 6.45) is 2.84. The van der Waals surface area contributed by atoms with Gasteiger partial charge in [0, 0.05) is 18.7 Å². The zero-order valence-electron chi connectivity index (χ0n) is 13.7. The van der Waals surface area contributed by atoms with Crippen molar-refractivity contribution in [1.29, 1.82) is 0 Å². The number of piperidine rings is 1. The molecule has 1 aliphatic rings. The number of hydrogen-bond donors (Lipinski definition) is 0. The van der Waals surface area contributed by atoms with Gasteiger partial charge in [-0.15, -0.1) is 0 Å². The number of likely N-dealkylation sites (tertiary alicyclic amines) is 1. The van der Waals surface area contributed by atoms with Crippen LogP contribution in [-0.2, 0) is 6.42 Å². The highest BCUT2D eigenvalue weighted by atomic mass is 19.1. The fourth-order valence-electron chi connectivity index (χ4n) is 3.39. The van der Waals surface area contributed by atoms with Crippen molar-refractivity contribution in [3.63, 3.8) is 0 Å². The van der Waals surface area contributed by atoms with Gasteiger partial charge < -0.3 is 4.90 Å². The molecular formula is C19H18FN3O2. The van der Waals surface area contributed by atoms with Crippen molar-refractivity contribution in [1.82, 2.24) is 15.2 Å². The molecule has 0 unspecified atom stereocenters. The summed E-state index contributed by atoms with van der Waals surface area (Å²) in [6, 6.07) is 11.9. The number of hydrogen-bond acceptors (Lipinski definition) is 4. The van der Waals surface area contributed by atoms with Gasteiger partial charge in [-0.25, -0.2) is 9.02 Å². The first-order valence-corrected chi connectivity index (χ1v) is 8.45. The Bertz CT molecular complexity index is 883. The molecule has 0 N–H and O–H groups in total. The van der Waals surface area contributed by atoms with Crippen molar-refractivity contribution in [3.8, 4) is 0 Å². The first-order valence-electron chi connectivity index (χ1n) is 8.45. The van der Waals surface area contributed by atoms with Crippen LogP contribution >= 0.6 is 0 Å². The highest BCUT2D eigenvalue weighted by molar-refractivity contribution is 5.97. The van der Waals surface area contributed by atoms with Crippen LogP contribution in [0.1, 0.15) is 28.8 Å². The monoisotopic (exact) mass is 339 g/mol. The maximum Gasteiger partial charge on any atom is 0.253 e. The van der Waals surface area contributed by atoms with E-state index >= 15 is 0 Å². The van der Waals surface area contributed by atoms with Gasteiger partial charge in [-0.3, -0.25) is 4.79 Å². The first-order chi connectivity index (χ1) is 12.2. The van der Waals surface area contributed by atoms with Crippen molar-refractivity contribution < 1.29 is 13.8 Å². The summed E-state index contributed by atoms with van der Waals surface area (Å²) in [5, 5.41) is 7.54. The number of nitrogens with zero attached hydrogens (tertiary/aromatic N) is 3. The van der Waals surface area contributed by atoms with E-state index in [-0.39, 0.29) is 11.7 Å². The second-order valence-electron chi connectivity index (χ2n) is 6.53. The van der Waals surface area contributed by atoms with E-state index in [0.717, 1.165) is 37.9 Å². The van der Waals surface area contributed by atoms with Crippen LogP contribution in [0.2, 0.25) is 0 Å². The standard InChI is InChI=1S/C19H18FN3O2/c20-16-4-1-13(2-5-16)11-14-7-9-23(10-8-14)19(24)15-3-6-17-18(12-15)22-25-21-17/h1-6,12,14H,7-11H2. The van der Waals surface area contributed by atoms with Gasteiger partial charge in [-0.2, -0.15) is 0 Å². The van der Waals surface area contributed by atoms with Crippen LogP contribution in [0.5, 0.6) is 0 Å². The van der Waals surface area contributed by atoms with Crippen LogP contribution in [0.3, 0.4) is 0 Å². The Morgan fingerprint density at radius 1 is 1.08 bits per heavy atom. The third-order valence-corrected chi connectivity index (χ3v) is 4.84. The Hall–Kier alpha value is -2.76. The van der Waals surface area contributed by atoms with Gasteiger partial charge in [0.15, 0.2) is 0 Å². The zero-order chi connectivity index (χ0) is 17.2. The number of carbonyl (C=O) groups is 1. The minimum atomic E-state index is -0.205. The summed E-state index contributed by atoms with van der Waals surface area (Å²) >= 11 is 0. The molecule has 1 amide bonds. The summed E-state index contributed by atoms with van der Waals surface area (Å²) in [5.74, 6) is 0.338. The molecule has 1 saturated heterocycles. The number of benzene rings is 2. The Morgan fingerprint density at radius 3 is 2.56 bits per heavy atom. The number of fused-ring (bicyclic) bond motifs is 1. The maximum absolute atomic E-state index is 13.0. The Balaban J connectivity index is 1.37. The van der Waals surface area contributed by atoms with Gasteiger partial charge in [0.05, 0.1) is 0 Å². The molecule has 1 aliphatic heterocycles. The highest BCUT2D eigenvalue weighted by Gasteiger charge is 2.24. The number of amides is 1. The van der Waals surface area contributed by atoms with Gasteiger partial charge >= 0.3 is 0 Å². The van der Waals surface area contributed by atoms with Crippen molar-refractivity contribution >= 4 is 16.9 Å². The van der Waals surface area contributed by atoms with Crippen molar-refractivity contribution in [2.75, 3.05) is 13.1 Å². The Labute approximate surface area is 144 Å². The Kier molecular flexibility index (Phi) is 4.17. The average Bonchev–Trinajstić information content (AvgIpc) is 3.11. The first kappa shape index (κ1) is 15.7. The summed E-state index contributed by atoms with van der Waals surface area (Å²) in [7, 11) is 0. The van der Waals surface area contributed by atoms with E-state index in [2.05, 4.69) is 14.9 Å². The minimum absolute atomic E-state index is 0.0186. The number of rotatable bonds is 3. The Morgan fingerprint density at radius 2 is 1.80 bits per heavy atom. The summed E-state index contributed by atoms with van der Waals surface area (Å²) in [4.78, 5) is 14.6. The molecule has 5 nitrogen and oxygen atoms in total. The number of aromatic nitrogens is 2. The quantitative estimate of drug-likeness (QED) is 0.733. The van der Waals surface area contributed by atoms with Crippen molar-refractivity contribution in [3.05, 3.63) is 59.4 Å². The normalized spacial score (nSPS) is 15.6. The summed E-state index contributed by atoms with van der Waals surface area (Å²) < 4.78 is 17.7. The van der Waals surface area contributed by atoms with Gasteiger partial charge in [0.25, 0.3) is 5.91 Å². The van der Waals surface area contributed by atoms with Gasteiger partial charge in [-0.05, 0) is 71.4 Å². The lowest BCUT2D eigenvalue weighted by Crippen LogP contribution is -2.38. The molecule has 3 aromatic rings. The molecule has 0 saturated carbocycles. The summed E-state index contributed by atoms with van der Waals surface area (Å²) in [5.41, 5.74) is 3.00. The second kappa shape index (κ2) is 6.63. The SMILES string of the molecule is O=C(c1ccc2nonc2c1)N1CCC(Cc2ccc(F)cc2)CC1. The number of halogens is 1. The van der Waals surface area contributed by atoms with E-state index in [9.17, 15) is 9.18 Å². The molecule has 128 valence electrons. The molecule has 1 aromatic heterocycles. The predicted octanol–water partition coefficient (Wildman–Crippen LogP) is 3.46. The molecule has 2 heterocycles. The second-order valence-corrected chi connectivity index (χ2v) is 6.53. The van der Waals surface area contributed by atoms with Crippen LogP contribution in [-0.4, -0.2) is 34.2 Å².